The van der Waals surface area contributed by atoms with Crippen LogP contribution in [0.2, 0.25) is 0 Å². The molecule has 3 rings (SSSR count). The molecule has 0 aliphatic heterocycles. The third kappa shape index (κ3) is 3.78. The van der Waals surface area contributed by atoms with E-state index in [9.17, 15) is 10.1 Å². The lowest BCUT2D eigenvalue weighted by atomic mass is 9.82. The summed E-state index contributed by atoms with van der Waals surface area (Å²) >= 11 is 1.32. The fourth-order valence-corrected chi connectivity index (χ4v) is 3.92. The zero-order chi connectivity index (χ0) is 18.6. The van der Waals surface area contributed by atoms with Crippen molar-refractivity contribution in [2.24, 2.45) is 5.92 Å². The first-order chi connectivity index (χ1) is 12.6. The molecule has 1 N–H and O–H groups in total. The molecule has 26 heavy (non-hydrogen) atoms. The van der Waals surface area contributed by atoms with Crippen LogP contribution in [-0.2, 0) is 5.54 Å². The molecule has 0 spiro atoms. The van der Waals surface area contributed by atoms with Crippen molar-refractivity contribution in [2.75, 3.05) is 0 Å². The fourth-order valence-electron chi connectivity index (χ4n) is 3.39. The van der Waals surface area contributed by atoms with Gasteiger partial charge < -0.3 is 5.32 Å². The molecule has 1 fully saturated rings. The van der Waals surface area contributed by atoms with Crippen molar-refractivity contribution in [3.8, 4) is 6.07 Å². The van der Waals surface area contributed by atoms with E-state index in [-0.39, 0.29) is 11.9 Å². The highest BCUT2D eigenvalue weighted by Gasteiger charge is 2.32. The molecular formula is C18H24N6OS. The molecule has 2 atom stereocenters. The highest BCUT2D eigenvalue weighted by atomic mass is 32.1. The Kier molecular flexibility index (Phi) is 5.67. The van der Waals surface area contributed by atoms with Gasteiger partial charge in [0, 0.05) is 0 Å². The largest absolute Gasteiger partial charge is 0.342 e. The van der Waals surface area contributed by atoms with Crippen LogP contribution in [0.1, 0.15) is 73.8 Å². The Morgan fingerprint density at radius 1 is 1.50 bits per heavy atom. The van der Waals surface area contributed by atoms with E-state index in [1.165, 1.54) is 17.8 Å². The van der Waals surface area contributed by atoms with Crippen molar-refractivity contribution in [1.82, 2.24) is 25.3 Å². The quantitative estimate of drug-likeness (QED) is 0.838. The molecule has 1 saturated carbocycles. The number of nitrogens with one attached hydrogen (secondary N) is 1. The summed E-state index contributed by atoms with van der Waals surface area (Å²) in [5.74, 6) is 0.205. The number of carbonyl (C=O) groups is 1. The minimum Gasteiger partial charge on any atom is -0.342 e. The van der Waals surface area contributed by atoms with Gasteiger partial charge in [-0.2, -0.15) is 5.26 Å². The molecule has 0 radical (unpaired) electrons. The van der Waals surface area contributed by atoms with Gasteiger partial charge >= 0.3 is 0 Å². The smallest absolute Gasteiger partial charge is 0.263 e. The normalized spacial score (nSPS) is 18.7. The van der Waals surface area contributed by atoms with Crippen molar-refractivity contribution in [1.29, 1.82) is 5.26 Å². The minimum absolute atomic E-state index is 0.129. The summed E-state index contributed by atoms with van der Waals surface area (Å²) in [5, 5.41) is 21.2. The Hall–Kier alpha value is -2.27. The van der Waals surface area contributed by atoms with E-state index in [4.69, 9.17) is 0 Å². The molecule has 2 unspecified atom stereocenters. The Morgan fingerprint density at radius 2 is 2.27 bits per heavy atom. The molecule has 0 aromatic carbocycles. The third-order valence-corrected chi connectivity index (χ3v) is 6.10. The maximum atomic E-state index is 12.6. The van der Waals surface area contributed by atoms with E-state index in [1.54, 1.807) is 16.4 Å². The minimum atomic E-state index is -0.732. The highest BCUT2D eigenvalue weighted by molar-refractivity contribution is 7.11. The summed E-state index contributed by atoms with van der Waals surface area (Å²) in [6.07, 6.45) is 9.72. The number of nitrogens with zero attached hydrogens (tertiary/aromatic N) is 5. The van der Waals surface area contributed by atoms with Crippen molar-refractivity contribution in [3.05, 3.63) is 28.5 Å². The van der Waals surface area contributed by atoms with Crippen LogP contribution >= 0.6 is 11.3 Å². The molecule has 2 aromatic heterocycles. The topological polar surface area (TPSA) is 96.5 Å². The second kappa shape index (κ2) is 7.96. The van der Waals surface area contributed by atoms with Crippen LogP contribution in [0.15, 0.2) is 17.9 Å². The SMILES string of the molecule is CCC(C)(C#N)n1cc(C(NC(=O)c2cncs2)C2CCCCC2)nn1. The number of amides is 1. The second-order valence-electron chi connectivity index (χ2n) is 7.04. The van der Waals surface area contributed by atoms with Crippen molar-refractivity contribution in [2.45, 2.75) is 64.0 Å². The molecule has 1 aliphatic carbocycles. The molecular weight excluding hydrogens is 348 g/mol. The fraction of sp³-hybridized carbons (Fsp3) is 0.611. The number of rotatable bonds is 6. The number of aromatic nitrogens is 4. The summed E-state index contributed by atoms with van der Waals surface area (Å²) in [6, 6.07) is 2.11. The zero-order valence-electron chi connectivity index (χ0n) is 15.2. The van der Waals surface area contributed by atoms with Gasteiger partial charge in [0.2, 0.25) is 0 Å². The Balaban J connectivity index is 1.87. The van der Waals surface area contributed by atoms with Gasteiger partial charge in [-0.1, -0.05) is 31.4 Å². The molecule has 8 heteroatoms. The van der Waals surface area contributed by atoms with Crippen LogP contribution in [0.5, 0.6) is 0 Å². The summed E-state index contributed by atoms with van der Waals surface area (Å²) < 4.78 is 1.62. The highest BCUT2D eigenvalue weighted by Crippen LogP contribution is 2.34. The number of nitriles is 1. The van der Waals surface area contributed by atoms with Crippen molar-refractivity contribution in [3.63, 3.8) is 0 Å². The standard InChI is InChI=1S/C18H24N6OS/c1-3-18(2,11-19)24-10-14(22-23-24)16(13-7-5-4-6-8-13)21-17(25)15-9-20-12-26-15/h9-10,12-13,16H,3-8H2,1-2H3,(H,21,25). The summed E-state index contributed by atoms with van der Waals surface area (Å²) in [5.41, 5.74) is 1.65. The molecule has 2 heterocycles. The monoisotopic (exact) mass is 372 g/mol. The number of hydrogen-bond donors (Lipinski definition) is 1. The third-order valence-electron chi connectivity index (χ3n) is 5.33. The number of thiazole rings is 1. The van der Waals surface area contributed by atoms with Gasteiger partial charge in [-0.3, -0.25) is 9.78 Å². The van der Waals surface area contributed by atoms with Crippen LogP contribution in [0, 0.1) is 17.2 Å². The van der Waals surface area contributed by atoms with Gasteiger partial charge in [0.15, 0.2) is 0 Å². The van der Waals surface area contributed by atoms with E-state index in [0.717, 1.165) is 31.4 Å². The maximum absolute atomic E-state index is 12.6. The van der Waals surface area contributed by atoms with Crippen LogP contribution < -0.4 is 5.32 Å². The predicted octanol–water partition coefficient (Wildman–Crippen LogP) is 3.43. The van der Waals surface area contributed by atoms with E-state index < -0.39 is 5.54 Å². The van der Waals surface area contributed by atoms with Gasteiger partial charge in [-0.25, -0.2) is 4.68 Å². The van der Waals surface area contributed by atoms with Gasteiger partial charge in [0.25, 0.3) is 5.91 Å². The van der Waals surface area contributed by atoms with Crippen LogP contribution in [0.4, 0.5) is 0 Å². The average Bonchev–Trinajstić information content (AvgIpc) is 3.38. The number of carbonyl (C=O) groups excluding carboxylic acids is 1. The summed E-state index contributed by atoms with van der Waals surface area (Å²) in [4.78, 5) is 17.2. The van der Waals surface area contributed by atoms with Gasteiger partial charge in [-0.05, 0) is 32.1 Å². The van der Waals surface area contributed by atoms with E-state index in [2.05, 4.69) is 26.7 Å². The lowest BCUT2D eigenvalue weighted by molar-refractivity contribution is 0.0915. The first-order valence-corrected chi connectivity index (χ1v) is 9.98. The predicted molar refractivity (Wildman–Crippen MR) is 98.5 cm³/mol. The van der Waals surface area contributed by atoms with Crippen LogP contribution in [0.25, 0.3) is 0 Å². The van der Waals surface area contributed by atoms with Crippen molar-refractivity contribution < 1.29 is 4.79 Å². The molecule has 0 saturated heterocycles. The van der Waals surface area contributed by atoms with Crippen molar-refractivity contribution >= 4 is 17.2 Å². The summed E-state index contributed by atoms with van der Waals surface area (Å²) in [7, 11) is 0. The Morgan fingerprint density at radius 3 is 2.88 bits per heavy atom. The Labute approximate surface area is 157 Å². The molecule has 138 valence electrons. The van der Waals surface area contributed by atoms with Crippen LogP contribution in [-0.4, -0.2) is 25.9 Å². The first kappa shape index (κ1) is 18.5. The Bertz CT molecular complexity index is 774. The van der Waals surface area contributed by atoms with E-state index >= 15 is 0 Å². The molecule has 1 amide bonds. The van der Waals surface area contributed by atoms with Gasteiger partial charge in [0.05, 0.1) is 30.0 Å². The molecule has 7 nitrogen and oxygen atoms in total. The van der Waals surface area contributed by atoms with E-state index in [0.29, 0.717) is 17.2 Å². The zero-order valence-corrected chi connectivity index (χ0v) is 16.0. The molecule has 0 bridgehead atoms. The lowest BCUT2D eigenvalue weighted by Crippen LogP contribution is -2.34. The summed E-state index contributed by atoms with van der Waals surface area (Å²) in [6.45, 7) is 3.80. The van der Waals surface area contributed by atoms with Crippen LogP contribution in [0.3, 0.4) is 0 Å². The van der Waals surface area contributed by atoms with E-state index in [1.807, 2.05) is 20.0 Å². The number of hydrogen-bond acceptors (Lipinski definition) is 6. The first-order valence-electron chi connectivity index (χ1n) is 9.10. The van der Waals surface area contributed by atoms with Gasteiger partial charge in [-0.15, -0.1) is 16.4 Å². The molecule has 2 aromatic rings. The average molecular weight is 372 g/mol. The van der Waals surface area contributed by atoms with Gasteiger partial charge in [0.1, 0.15) is 16.1 Å². The lowest BCUT2D eigenvalue weighted by Gasteiger charge is -2.29. The maximum Gasteiger partial charge on any atom is 0.263 e. The second-order valence-corrected chi connectivity index (χ2v) is 7.93. The molecule has 1 aliphatic rings.